The van der Waals surface area contributed by atoms with Crippen molar-refractivity contribution in [3.05, 3.63) is 0 Å². The summed E-state index contributed by atoms with van der Waals surface area (Å²) in [6.45, 7) is 1.20. The van der Waals surface area contributed by atoms with Crippen molar-refractivity contribution in [2.24, 2.45) is 5.73 Å². The number of hydrogen-bond donors (Lipinski definition) is 2. The molecule has 0 fully saturated rings. The van der Waals surface area contributed by atoms with E-state index in [9.17, 15) is 18.7 Å². The lowest BCUT2D eigenvalue weighted by Crippen LogP contribution is -2.29. The highest BCUT2D eigenvalue weighted by atomic mass is 32.2. The molecular weight excluding hydrogens is 198 g/mol. The highest BCUT2D eigenvalue weighted by molar-refractivity contribution is 7.74. The quantitative estimate of drug-likeness (QED) is 0.438. The number of hydrogen-bond acceptors (Lipinski definition) is 5. The SMILES string of the molecule is CC(O)(CCCC(N)=O)OS(=O)[O-]. The fourth-order valence-corrected chi connectivity index (χ4v) is 1.16. The summed E-state index contributed by atoms with van der Waals surface area (Å²) in [6.07, 6.45) is 0.397. The van der Waals surface area contributed by atoms with Crippen molar-refractivity contribution in [1.82, 2.24) is 0 Å². The highest BCUT2D eigenvalue weighted by Gasteiger charge is 2.21. The molecule has 0 aromatic heterocycles. The molecule has 0 aliphatic rings. The summed E-state index contributed by atoms with van der Waals surface area (Å²) in [6, 6.07) is 0. The molecule has 0 aliphatic heterocycles. The van der Waals surface area contributed by atoms with Crippen LogP contribution in [0.1, 0.15) is 26.2 Å². The van der Waals surface area contributed by atoms with Gasteiger partial charge in [0.15, 0.2) is 5.79 Å². The Morgan fingerprint density at radius 3 is 2.69 bits per heavy atom. The molecule has 0 aliphatic carbocycles. The van der Waals surface area contributed by atoms with Crippen LogP contribution >= 0.6 is 0 Å². The molecule has 0 aromatic rings. The van der Waals surface area contributed by atoms with Gasteiger partial charge in [0.25, 0.3) is 0 Å². The molecule has 13 heavy (non-hydrogen) atoms. The fraction of sp³-hybridized carbons (Fsp3) is 0.833. The van der Waals surface area contributed by atoms with Gasteiger partial charge in [-0.25, -0.2) is 4.21 Å². The van der Waals surface area contributed by atoms with E-state index >= 15 is 0 Å². The second-order valence-corrected chi connectivity index (χ2v) is 3.36. The fourth-order valence-electron chi connectivity index (χ4n) is 0.779. The van der Waals surface area contributed by atoms with Gasteiger partial charge in [-0.15, -0.1) is 0 Å². The van der Waals surface area contributed by atoms with Crippen LogP contribution in [0.25, 0.3) is 0 Å². The van der Waals surface area contributed by atoms with Crippen LogP contribution in [-0.2, 0) is 20.3 Å². The van der Waals surface area contributed by atoms with Crippen molar-refractivity contribution in [2.45, 2.75) is 32.0 Å². The van der Waals surface area contributed by atoms with Gasteiger partial charge in [-0.3, -0.25) is 8.98 Å². The number of aliphatic hydroxyl groups is 1. The van der Waals surface area contributed by atoms with Gasteiger partial charge in [0, 0.05) is 12.8 Å². The molecule has 0 spiro atoms. The van der Waals surface area contributed by atoms with Gasteiger partial charge in [-0.2, -0.15) is 0 Å². The van der Waals surface area contributed by atoms with Gasteiger partial charge in [0.05, 0.1) is 11.4 Å². The van der Waals surface area contributed by atoms with E-state index in [1.54, 1.807) is 0 Å². The summed E-state index contributed by atoms with van der Waals surface area (Å²) in [5.41, 5.74) is 4.84. The van der Waals surface area contributed by atoms with Crippen LogP contribution in [0.3, 0.4) is 0 Å². The maximum absolute atomic E-state index is 10.3. The predicted molar refractivity (Wildman–Crippen MR) is 43.7 cm³/mol. The normalized spacial score (nSPS) is 17.8. The zero-order valence-corrected chi connectivity index (χ0v) is 8.00. The third-order valence-electron chi connectivity index (χ3n) is 1.31. The van der Waals surface area contributed by atoms with Crippen LogP contribution in [0.5, 0.6) is 0 Å². The Morgan fingerprint density at radius 2 is 2.31 bits per heavy atom. The molecule has 0 heterocycles. The van der Waals surface area contributed by atoms with E-state index in [-0.39, 0.29) is 19.3 Å². The molecule has 0 saturated carbocycles. The molecule has 0 rings (SSSR count). The Kier molecular flexibility index (Phi) is 5.07. The van der Waals surface area contributed by atoms with E-state index in [2.05, 4.69) is 4.18 Å². The van der Waals surface area contributed by atoms with Crippen molar-refractivity contribution < 1.29 is 22.8 Å². The van der Waals surface area contributed by atoms with Crippen molar-refractivity contribution in [2.75, 3.05) is 0 Å². The molecule has 2 unspecified atom stereocenters. The lowest BCUT2D eigenvalue weighted by Gasteiger charge is -2.23. The number of carbonyl (C=O) groups excluding carboxylic acids is 1. The van der Waals surface area contributed by atoms with Crippen LogP contribution in [-0.4, -0.2) is 25.6 Å². The van der Waals surface area contributed by atoms with Crippen LogP contribution in [0.2, 0.25) is 0 Å². The first kappa shape index (κ1) is 12.5. The average Bonchev–Trinajstić information content (AvgIpc) is 1.81. The molecule has 2 atom stereocenters. The average molecular weight is 210 g/mol. The summed E-state index contributed by atoms with van der Waals surface area (Å²) in [5, 5.41) is 9.23. The summed E-state index contributed by atoms with van der Waals surface area (Å²) in [7, 11) is 0. The molecule has 7 heteroatoms. The van der Waals surface area contributed by atoms with Gasteiger partial charge < -0.3 is 15.4 Å². The summed E-state index contributed by atoms with van der Waals surface area (Å²) in [5.74, 6) is -2.26. The topological polar surface area (TPSA) is 113 Å². The largest absolute Gasteiger partial charge is 0.750 e. The summed E-state index contributed by atoms with van der Waals surface area (Å²) < 4.78 is 24.2. The van der Waals surface area contributed by atoms with Crippen LogP contribution in [0, 0.1) is 0 Å². The molecule has 1 amide bonds. The number of carbonyl (C=O) groups is 1. The summed E-state index contributed by atoms with van der Waals surface area (Å²) in [4.78, 5) is 10.3. The molecular formula is C6H12NO5S-. The number of primary amides is 1. The molecule has 0 saturated heterocycles. The van der Waals surface area contributed by atoms with Crippen molar-refractivity contribution in [3.8, 4) is 0 Å². The van der Waals surface area contributed by atoms with Gasteiger partial charge in [0.2, 0.25) is 5.91 Å². The first-order valence-electron chi connectivity index (χ1n) is 3.63. The molecule has 3 N–H and O–H groups in total. The standard InChI is InChI=1S/C6H13NO5S/c1-6(9,12-13(10)11)4-2-3-5(7)8/h9H,2-4H2,1H3,(H2,7,8)(H,10,11)/p-1. The Labute approximate surface area is 78.6 Å². The smallest absolute Gasteiger partial charge is 0.217 e. The van der Waals surface area contributed by atoms with E-state index in [1.807, 2.05) is 0 Å². The van der Waals surface area contributed by atoms with Crippen molar-refractivity contribution in [3.63, 3.8) is 0 Å². The van der Waals surface area contributed by atoms with E-state index in [0.29, 0.717) is 0 Å². The lowest BCUT2D eigenvalue weighted by atomic mass is 10.1. The van der Waals surface area contributed by atoms with Gasteiger partial charge >= 0.3 is 0 Å². The third-order valence-corrected chi connectivity index (χ3v) is 1.81. The molecule has 78 valence electrons. The Morgan fingerprint density at radius 1 is 1.77 bits per heavy atom. The first-order chi connectivity index (χ1) is 5.83. The zero-order valence-electron chi connectivity index (χ0n) is 7.19. The lowest BCUT2D eigenvalue weighted by molar-refractivity contribution is -0.127. The molecule has 0 radical (unpaired) electrons. The minimum Gasteiger partial charge on any atom is -0.750 e. The van der Waals surface area contributed by atoms with Crippen LogP contribution in [0.15, 0.2) is 0 Å². The maximum Gasteiger partial charge on any atom is 0.217 e. The second kappa shape index (κ2) is 5.28. The Balaban J connectivity index is 3.75. The highest BCUT2D eigenvalue weighted by Crippen LogP contribution is 2.15. The van der Waals surface area contributed by atoms with E-state index < -0.39 is 23.1 Å². The summed E-state index contributed by atoms with van der Waals surface area (Å²) >= 11 is -2.77. The minimum atomic E-state index is -2.77. The Bertz CT molecular complexity index is 205. The molecule has 0 aromatic carbocycles. The van der Waals surface area contributed by atoms with E-state index in [0.717, 1.165) is 0 Å². The zero-order chi connectivity index (χ0) is 10.5. The minimum absolute atomic E-state index is 0.0317. The van der Waals surface area contributed by atoms with Gasteiger partial charge in [0.1, 0.15) is 0 Å². The van der Waals surface area contributed by atoms with Gasteiger partial charge in [-0.1, -0.05) is 0 Å². The Hall–Kier alpha value is -0.500. The predicted octanol–water partition coefficient (Wildman–Crippen LogP) is -0.839. The van der Waals surface area contributed by atoms with Gasteiger partial charge in [-0.05, 0) is 13.3 Å². The first-order valence-corrected chi connectivity index (χ1v) is 4.63. The number of amides is 1. The molecule has 6 nitrogen and oxygen atoms in total. The van der Waals surface area contributed by atoms with Crippen LogP contribution in [0.4, 0.5) is 0 Å². The number of nitrogens with two attached hydrogens (primary N) is 1. The molecule has 0 bridgehead atoms. The maximum atomic E-state index is 10.3. The van der Waals surface area contributed by atoms with E-state index in [1.165, 1.54) is 6.92 Å². The van der Waals surface area contributed by atoms with Crippen molar-refractivity contribution >= 4 is 17.3 Å². The van der Waals surface area contributed by atoms with E-state index in [4.69, 9.17) is 5.73 Å². The van der Waals surface area contributed by atoms with Crippen molar-refractivity contribution in [1.29, 1.82) is 0 Å². The van der Waals surface area contributed by atoms with Crippen LogP contribution < -0.4 is 5.73 Å². The third kappa shape index (κ3) is 7.85. The number of rotatable bonds is 6. The second-order valence-electron chi connectivity index (χ2n) is 2.78. The monoisotopic (exact) mass is 210 g/mol.